The molecule has 0 atom stereocenters. The van der Waals surface area contributed by atoms with Crippen molar-refractivity contribution in [3.05, 3.63) is 91.0 Å². The highest BCUT2D eigenvalue weighted by atomic mass is 35.5. The molecule has 0 aromatic heterocycles. The maximum absolute atomic E-state index is 14.5. The first-order valence-electron chi connectivity index (χ1n) is 20.4. The van der Waals surface area contributed by atoms with Gasteiger partial charge in [-0.3, -0.25) is 4.79 Å². The number of carboxylic acid groups (broad SMARTS) is 1. The van der Waals surface area contributed by atoms with E-state index in [9.17, 15) is 14.7 Å². The Kier molecular flexibility index (Phi) is 9.02. The predicted octanol–water partition coefficient (Wildman–Crippen LogP) is 9.85. The third kappa shape index (κ3) is 5.33. The summed E-state index contributed by atoms with van der Waals surface area (Å²) in [5.74, 6) is 0.760. The van der Waals surface area contributed by atoms with Gasteiger partial charge in [-0.1, -0.05) is 41.9 Å². The maximum Gasteiger partial charge on any atom is 0.341 e. The Labute approximate surface area is 346 Å². The second-order valence-corrected chi connectivity index (χ2v) is 24.4. The van der Waals surface area contributed by atoms with Gasteiger partial charge in [0.25, 0.3) is 0 Å². The Bertz CT molecular complexity index is 2220. The molecule has 0 amide bonds. The number of rotatable bonds is 8. The number of fused-ring (bicyclic) bond motifs is 8. The van der Waals surface area contributed by atoms with Gasteiger partial charge in [-0.2, -0.15) is 11.8 Å². The molecule has 0 fully saturated rings. The topological polar surface area (TPSA) is 70.1 Å². The fourth-order valence-corrected chi connectivity index (χ4v) is 19.2. The fourth-order valence-electron chi connectivity index (χ4n) is 11.6. The lowest BCUT2D eigenvalue weighted by molar-refractivity contribution is -0.137. The standard InChI is InChI=1S/C46H52Cl2N2O4SSi/c1-26-24-44(3,4)49-17-10-12-28-39(49)30(26)22-32-41(28)56(7,21-20-55-19-9-8-14-36(51)52)42-29-13-11-18-50-40(29)31(27(2)25-45(50,5)6)23-33(42)46(32)38-35(48)16-15-34(47)37(38)43(53)54-46/h15-16,22-25H,8-14,17-21H2,1-7H3,(H,51,52). The van der Waals surface area contributed by atoms with E-state index >= 15 is 0 Å². The average Bonchev–Trinajstić information content (AvgIpc) is 3.46. The van der Waals surface area contributed by atoms with Crippen molar-refractivity contribution in [2.75, 3.05) is 34.4 Å². The number of halogens is 2. The van der Waals surface area contributed by atoms with Gasteiger partial charge < -0.3 is 19.6 Å². The number of carbonyl (C=O) groups excluding carboxylic acids is 1. The molecule has 0 saturated heterocycles. The van der Waals surface area contributed by atoms with E-state index in [1.54, 1.807) is 6.07 Å². The van der Waals surface area contributed by atoms with Crippen LogP contribution < -0.4 is 20.2 Å². The van der Waals surface area contributed by atoms with Crippen molar-refractivity contribution in [3.8, 4) is 0 Å². The number of hydrogen-bond acceptors (Lipinski definition) is 6. The monoisotopic (exact) mass is 826 g/mol. The first-order valence-corrected chi connectivity index (χ1v) is 25.0. The van der Waals surface area contributed by atoms with E-state index in [0.29, 0.717) is 27.6 Å². The van der Waals surface area contributed by atoms with E-state index in [0.717, 1.165) is 73.9 Å². The van der Waals surface area contributed by atoms with Crippen molar-refractivity contribution >= 4 is 87.9 Å². The Hall–Kier alpha value is -3.17. The average molecular weight is 828 g/mol. The largest absolute Gasteiger partial charge is 0.481 e. The van der Waals surface area contributed by atoms with Crippen LogP contribution in [0.25, 0.3) is 11.1 Å². The lowest BCUT2D eigenvalue weighted by Gasteiger charge is -2.54. The van der Waals surface area contributed by atoms with E-state index in [1.807, 2.05) is 17.8 Å². The van der Waals surface area contributed by atoms with E-state index in [1.165, 1.54) is 55.1 Å². The van der Waals surface area contributed by atoms with Crippen molar-refractivity contribution < 1.29 is 19.4 Å². The Morgan fingerprint density at radius 3 is 1.93 bits per heavy atom. The van der Waals surface area contributed by atoms with Crippen LogP contribution in [0.4, 0.5) is 11.4 Å². The maximum atomic E-state index is 14.5. The van der Waals surface area contributed by atoms with Crippen molar-refractivity contribution in [1.82, 2.24) is 0 Å². The summed E-state index contributed by atoms with van der Waals surface area (Å²) < 4.78 is 7.08. The van der Waals surface area contributed by atoms with Crippen LogP contribution in [0.2, 0.25) is 22.6 Å². The van der Waals surface area contributed by atoms with Gasteiger partial charge in [0.05, 0.1) is 21.7 Å². The van der Waals surface area contributed by atoms with E-state index < -0.39 is 25.6 Å². The van der Waals surface area contributed by atoms with Gasteiger partial charge in [0.1, 0.15) is 8.07 Å². The number of thioether (sulfide) groups is 1. The number of carboxylic acids is 1. The van der Waals surface area contributed by atoms with Crippen molar-refractivity contribution in [3.63, 3.8) is 0 Å². The number of aliphatic carboxylic acids is 1. The van der Waals surface area contributed by atoms with Gasteiger partial charge in [-0.15, -0.1) is 0 Å². The summed E-state index contributed by atoms with van der Waals surface area (Å²) in [5.41, 5.74) is 12.1. The number of unbranched alkanes of at least 4 members (excludes halogenated alkanes) is 1. The molecule has 294 valence electrons. The van der Waals surface area contributed by atoms with Gasteiger partial charge in [0, 0.05) is 63.7 Å². The Morgan fingerprint density at radius 1 is 0.857 bits per heavy atom. The molecule has 0 saturated carbocycles. The van der Waals surface area contributed by atoms with Crippen LogP contribution in [0.5, 0.6) is 0 Å². The molecule has 3 aromatic rings. The van der Waals surface area contributed by atoms with Crippen molar-refractivity contribution in [2.45, 2.75) is 116 Å². The number of anilines is 2. The third-order valence-corrected chi connectivity index (χ3v) is 20.4. The molecule has 0 bridgehead atoms. The number of ether oxygens (including phenoxy) is 1. The smallest absolute Gasteiger partial charge is 0.341 e. The second kappa shape index (κ2) is 13.2. The van der Waals surface area contributed by atoms with Gasteiger partial charge in [0.2, 0.25) is 0 Å². The van der Waals surface area contributed by atoms with Crippen molar-refractivity contribution in [2.24, 2.45) is 0 Å². The molecule has 56 heavy (non-hydrogen) atoms. The molecule has 1 spiro atoms. The van der Waals surface area contributed by atoms with E-state index in [4.69, 9.17) is 27.9 Å². The van der Waals surface area contributed by atoms with Crippen LogP contribution in [-0.4, -0.2) is 60.8 Å². The highest BCUT2D eigenvalue weighted by Gasteiger charge is 2.61. The molecule has 1 N–H and O–H groups in total. The molecule has 9 rings (SSSR count). The summed E-state index contributed by atoms with van der Waals surface area (Å²) in [5, 5.41) is 12.9. The first kappa shape index (κ1) is 38.4. The Morgan fingerprint density at radius 2 is 1.39 bits per heavy atom. The van der Waals surface area contributed by atoms with Crippen LogP contribution in [-0.2, 0) is 28.0 Å². The number of allylic oxidation sites excluding steroid dienone is 2. The van der Waals surface area contributed by atoms with Crippen LogP contribution in [0.15, 0.2) is 36.4 Å². The predicted molar refractivity (Wildman–Crippen MR) is 236 cm³/mol. The highest BCUT2D eigenvalue weighted by Crippen LogP contribution is 2.58. The first-order chi connectivity index (χ1) is 26.5. The number of carbonyl (C=O) groups is 2. The zero-order valence-electron chi connectivity index (χ0n) is 33.7. The normalized spacial score (nSPS) is 24.4. The molecule has 6 aliphatic heterocycles. The van der Waals surface area contributed by atoms with Crippen LogP contribution in [0.1, 0.15) is 123 Å². The minimum atomic E-state index is -2.68. The third-order valence-electron chi connectivity index (χ3n) is 13.8. The summed E-state index contributed by atoms with van der Waals surface area (Å²) in [4.78, 5) is 31.0. The zero-order chi connectivity index (χ0) is 39.7. The molecule has 3 aromatic carbocycles. The van der Waals surface area contributed by atoms with E-state index in [2.05, 4.69) is 82.2 Å². The zero-order valence-corrected chi connectivity index (χ0v) is 37.0. The fraction of sp³-hybridized carbons (Fsp3) is 0.478. The van der Waals surface area contributed by atoms with Gasteiger partial charge in [0.15, 0.2) is 5.60 Å². The SMILES string of the molecule is CC1=CC(C)(C)N2CCCc3c2c1cc1c3[Si](C)(CCSCCCCC(=O)O)c2c(cc3c4c2CCCN4C(C)(C)C=C3C)C12OC(=O)c1c(Cl)ccc(Cl)c12. The summed E-state index contributed by atoms with van der Waals surface area (Å²) in [6, 6.07) is 9.37. The number of nitrogens with zero attached hydrogens (tertiary/aromatic N) is 2. The van der Waals surface area contributed by atoms with Crippen LogP contribution in [0, 0.1) is 0 Å². The minimum absolute atomic E-state index is 0.140. The van der Waals surface area contributed by atoms with Crippen LogP contribution >= 0.6 is 35.0 Å². The second-order valence-electron chi connectivity index (χ2n) is 18.2. The van der Waals surface area contributed by atoms with Gasteiger partial charge in [-0.25, -0.2) is 4.79 Å². The summed E-state index contributed by atoms with van der Waals surface area (Å²) in [6.07, 6.45) is 10.6. The highest BCUT2D eigenvalue weighted by molar-refractivity contribution is 7.99. The lowest BCUT2D eigenvalue weighted by Crippen LogP contribution is -2.68. The molecule has 6 nitrogen and oxygen atoms in total. The van der Waals surface area contributed by atoms with E-state index in [-0.39, 0.29) is 17.5 Å². The van der Waals surface area contributed by atoms with Crippen LogP contribution in [0.3, 0.4) is 0 Å². The molecule has 6 heterocycles. The number of benzene rings is 3. The Balaban J connectivity index is 1.39. The van der Waals surface area contributed by atoms with Gasteiger partial charge in [-0.05, 0) is 155 Å². The van der Waals surface area contributed by atoms with Crippen molar-refractivity contribution in [1.29, 1.82) is 0 Å². The molecule has 0 unspecified atom stereocenters. The molecular formula is C46H52Cl2N2O4SSi. The summed E-state index contributed by atoms with van der Waals surface area (Å²) >= 11 is 16.3. The molecule has 10 heteroatoms. The molecular weight excluding hydrogens is 776 g/mol. The number of esters is 1. The lowest BCUT2D eigenvalue weighted by atomic mass is 9.73. The molecule has 0 radical (unpaired) electrons. The summed E-state index contributed by atoms with van der Waals surface area (Å²) in [6.45, 7) is 18.4. The molecule has 0 aliphatic carbocycles. The quantitative estimate of drug-likeness (QED) is 0.138. The van der Waals surface area contributed by atoms with Gasteiger partial charge >= 0.3 is 11.9 Å². The number of hydrogen-bond donors (Lipinski definition) is 1. The minimum Gasteiger partial charge on any atom is -0.481 e. The molecule has 6 aliphatic rings. The summed E-state index contributed by atoms with van der Waals surface area (Å²) in [7, 11) is -2.68.